The zero-order valence-corrected chi connectivity index (χ0v) is 19.9. The highest BCUT2D eigenvalue weighted by atomic mass is 32.2. The number of fused-ring (bicyclic) bond motifs is 1. The van der Waals surface area contributed by atoms with Crippen LogP contribution in [0.5, 0.6) is 5.75 Å². The molecule has 1 aromatic heterocycles. The van der Waals surface area contributed by atoms with E-state index in [1.165, 1.54) is 23.1 Å². The number of nitrogens with one attached hydrogen (secondary N) is 1. The first-order valence-electron chi connectivity index (χ1n) is 11.2. The summed E-state index contributed by atoms with van der Waals surface area (Å²) in [6, 6.07) is 16.1. The van der Waals surface area contributed by atoms with Crippen molar-refractivity contribution < 1.29 is 35.7 Å². The zero-order chi connectivity index (χ0) is 26.4. The summed E-state index contributed by atoms with van der Waals surface area (Å²) in [6.07, 6.45) is 2.12. The molecule has 1 unspecified atom stereocenters. The van der Waals surface area contributed by atoms with Gasteiger partial charge in [0.2, 0.25) is 0 Å². The molecule has 0 bridgehead atoms. The standard InChI is InChI=1S/C25H20F3N3O5S/c26-25(27,28)37(34,35)36-22-8-2-5-18-17(4-1-6-19(18)22)15-9-11-16(12-10-15)20-14-29-23(30-20)21-7-3-13-31(21)24(32)33/h1-2,4-6,8-12,14,21H,3,7,13H2,(H,29,30)(H,32,33). The lowest BCUT2D eigenvalue weighted by molar-refractivity contribution is -0.0499. The normalized spacial score (nSPS) is 16.3. The first-order chi connectivity index (χ1) is 17.5. The predicted molar refractivity (Wildman–Crippen MR) is 129 cm³/mol. The van der Waals surface area contributed by atoms with Crippen LogP contribution in [0.3, 0.4) is 0 Å². The second-order valence-electron chi connectivity index (χ2n) is 8.53. The highest BCUT2D eigenvalue weighted by Crippen LogP contribution is 2.37. The minimum Gasteiger partial charge on any atom is -0.465 e. The number of halogens is 3. The average molecular weight is 532 g/mol. The number of aromatic nitrogens is 2. The van der Waals surface area contributed by atoms with Crippen LogP contribution in [-0.4, -0.2) is 46.5 Å². The Bertz CT molecular complexity index is 1580. The number of carboxylic acid groups (broad SMARTS) is 1. The summed E-state index contributed by atoms with van der Waals surface area (Å²) in [5, 5.41) is 10.1. The van der Waals surface area contributed by atoms with Crippen LogP contribution >= 0.6 is 0 Å². The van der Waals surface area contributed by atoms with Crippen molar-refractivity contribution in [2.24, 2.45) is 0 Å². The van der Waals surface area contributed by atoms with Crippen LogP contribution in [0.15, 0.2) is 66.9 Å². The third-order valence-electron chi connectivity index (χ3n) is 6.28. The van der Waals surface area contributed by atoms with Crippen LogP contribution < -0.4 is 4.18 Å². The van der Waals surface area contributed by atoms with Gasteiger partial charge in [0, 0.05) is 11.9 Å². The lowest BCUT2D eigenvalue weighted by Crippen LogP contribution is -2.29. The molecule has 192 valence electrons. The molecule has 1 saturated heterocycles. The van der Waals surface area contributed by atoms with Crippen molar-refractivity contribution in [1.82, 2.24) is 14.9 Å². The third-order valence-corrected chi connectivity index (χ3v) is 7.25. The maximum Gasteiger partial charge on any atom is 0.534 e. The summed E-state index contributed by atoms with van der Waals surface area (Å²) in [6.45, 7) is 0.463. The number of likely N-dealkylation sites (tertiary alicyclic amines) is 1. The van der Waals surface area contributed by atoms with E-state index < -0.39 is 27.5 Å². The smallest absolute Gasteiger partial charge is 0.465 e. The van der Waals surface area contributed by atoms with Crippen molar-refractivity contribution in [2.75, 3.05) is 6.54 Å². The predicted octanol–water partition coefficient (Wildman–Crippen LogP) is 5.94. The quantitative estimate of drug-likeness (QED) is 0.244. The highest BCUT2D eigenvalue weighted by molar-refractivity contribution is 7.88. The Kier molecular flexibility index (Phi) is 6.06. The number of benzene rings is 3. The summed E-state index contributed by atoms with van der Waals surface area (Å²) in [5.41, 5.74) is -2.60. The molecule has 5 rings (SSSR count). The zero-order valence-electron chi connectivity index (χ0n) is 19.1. The lowest BCUT2D eigenvalue weighted by atomic mass is 9.97. The minimum atomic E-state index is -5.81. The largest absolute Gasteiger partial charge is 0.534 e. The fourth-order valence-electron chi connectivity index (χ4n) is 4.53. The van der Waals surface area contributed by atoms with Gasteiger partial charge in [0.1, 0.15) is 5.82 Å². The maximum atomic E-state index is 12.8. The van der Waals surface area contributed by atoms with Crippen LogP contribution in [0.4, 0.5) is 18.0 Å². The number of imidazole rings is 1. The number of amides is 1. The van der Waals surface area contributed by atoms with Gasteiger partial charge in [0.15, 0.2) is 5.75 Å². The monoisotopic (exact) mass is 531 g/mol. The summed E-state index contributed by atoms with van der Waals surface area (Å²) < 4.78 is 66.0. The van der Waals surface area contributed by atoms with E-state index in [1.807, 2.05) is 24.3 Å². The molecule has 1 aliphatic rings. The number of hydrogen-bond donors (Lipinski definition) is 2. The van der Waals surface area contributed by atoms with E-state index in [9.17, 15) is 31.5 Å². The number of hydrogen-bond acceptors (Lipinski definition) is 5. The van der Waals surface area contributed by atoms with Crippen molar-refractivity contribution in [3.8, 4) is 28.1 Å². The summed E-state index contributed by atoms with van der Waals surface area (Å²) in [7, 11) is -5.81. The van der Waals surface area contributed by atoms with Crippen LogP contribution in [-0.2, 0) is 10.1 Å². The molecular weight excluding hydrogens is 511 g/mol. The second-order valence-corrected chi connectivity index (χ2v) is 10.1. The van der Waals surface area contributed by atoms with Crippen LogP contribution in [0.25, 0.3) is 33.2 Å². The van der Waals surface area contributed by atoms with Crippen LogP contribution in [0.2, 0.25) is 0 Å². The first kappa shape index (κ1) is 24.6. The Morgan fingerprint density at radius 3 is 2.41 bits per heavy atom. The van der Waals surface area contributed by atoms with Crippen molar-refractivity contribution in [3.63, 3.8) is 0 Å². The third kappa shape index (κ3) is 4.59. The molecule has 1 aliphatic heterocycles. The van der Waals surface area contributed by atoms with E-state index in [2.05, 4.69) is 14.2 Å². The van der Waals surface area contributed by atoms with Gasteiger partial charge in [-0.3, -0.25) is 4.90 Å². The van der Waals surface area contributed by atoms with E-state index in [0.717, 1.165) is 17.5 Å². The van der Waals surface area contributed by atoms with Crippen molar-refractivity contribution in [2.45, 2.75) is 24.4 Å². The number of nitrogens with zero attached hydrogens (tertiary/aromatic N) is 2. The maximum absolute atomic E-state index is 12.8. The van der Waals surface area contributed by atoms with Gasteiger partial charge in [-0.05, 0) is 41.0 Å². The molecule has 0 radical (unpaired) electrons. The molecule has 3 aromatic carbocycles. The Morgan fingerprint density at radius 2 is 1.70 bits per heavy atom. The van der Waals surface area contributed by atoms with Crippen molar-refractivity contribution in [3.05, 3.63) is 72.7 Å². The van der Waals surface area contributed by atoms with E-state index in [-0.39, 0.29) is 11.4 Å². The fraction of sp³-hybridized carbons (Fsp3) is 0.200. The molecule has 2 N–H and O–H groups in total. The number of carbonyl (C=O) groups is 1. The van der Waals surface area contributed by atoms with Gasteiger partial charge in [-0.2, -0.15) is 21.6 Å². The number of aromatic amines is 1. The van der Waals surface area contributed by atoms with Gasteiger partial charge in [-0.25, -0.2) is 9.78 Å². The van der Waals surface area contributed by atoms with E-state index in [1.54, 1.807) is 24.4 Å². The van der Waals surface area contributed by atoms with Crippen molar-refractivity contribution in [1.29, 1.82) is 0 Å². The molecule has 37 heavy (non-hydrogen) atoms. The highest BCUT2D eigenvalue weighted by Gasteiger charge is 2.48. The minimum absolute atomic E-state index is 0.217. The number of alkyl halides is 3. The van der Waals surface area contributed by atoms with Crippen LogP contribution in [0.1, 0.15) is 24.7 Å². The molecule has 2 heterocycles. The van der Waals surface area contributed by atoms with Crippen molar-refractivity contribution >= 4 is 27.0 Å². The van der Waals surface area contributed by atoms with Crippen LogP contribution in [0, 0.1) is 0 Å². The fourth-order valence-corrected chi connectivity index (χ4v) is 5.01. The molecule has 8 nitrogen and oxygen atoms in total. The molecule has 12 heteroatoms. The molecule has 1 amide bonds. The molecule has 4 aromatic rings. The Hall–Kier alpha value is -4.06. The number of H-pyrrole nitrogens is 1. The van der Waals surface area contributed by atoms with Gasteiger partial charge in [0.25, 0.3) is 0 Å². The topological polar surface area (TPSA) is 113 Å². The molecule has 0 spiro atoms. The molecular formula is C25H20F3N3O5S. The average Bonchev–Trinajstić information content (AvgIpc) is 3.53. The van der Waals surface area contributed by atoms with Gasteiger partial charge in [-0.15, -0.1) is 0 Å². The number of rotatable bonds is 5. The summed E-state index contributed by atoms with van der Waals surface area (Å²) in [4.78, 5) is 20.4. The van der Waals surface area contributed by atoms with Gasteiger partial charge >= 0.3 is 21.7 Å². The Balaban J connectivity index is 1.44. The SMILES string of the molecule is O=C(O)N1CCCC1c1ncc(-c2ccc(-c3cccc4c(OS(=O)(=O)C(F)(F)F)cccc34)cc2)[nH]1. The lowest BCUT2D eigenvalue weighted by Gasteiger charge is -2.19. The molecule has 0 saturated carbocycles. The first-order valence-corrected chi connectivity index (χ1v) is 12.6. The van der Waals surface area contributed by atoms with E-state index >= 15 is 0 Å². The van der Waals surface area contributed by atoms with Gasteiger partial charge < -0.3 is 14.3 Å². The summed E-state index contributed by atoms with van der Waals surface area (Å²) in [5.74, 6) is 0.162. The van der Waals surface area contributed by atoms with Gasteiger partial charge in [0.05, 0.1) is 17.9 Å². The van der Waals surface area contributed by atoms with Gasteiger partial charge in [-0.1, -0.05) is 54.6 Å². The molecule has 0 aliphatic carbocycles. The van der Waals surface area contributed by atoms with E-state index in [4.69, 9.17) is 0 Å². The Morgan fingerprint density at radius 1 is 1.03 bits per heavy atom. The summed E-state index contributed by atoms with van der Waals surface area (Å²) >= 11 is 0. The van der Waals surface area contributed by atoms with E-state index in [0.29, 0.717) is 35.4 Å². The second kappa shape index (κ2) is 9.11. The Labute approximate surface area is 209 Å². The molecule has 1 atom stereocenters. The molecule has 1 fully saturated rings.